The average Bonchev–Trinajstić information content (AvgIpc) is 2.82. The summed E-state index contributed by atoms with van der Waals surface area (Å²) in [5.41, 5.74) is 1.48. The highest BCUT2D eigenvalue weighted by Crippen LogP contribution is 2.19. The van der Waals surface area contributed by atoms with Gasteiger partial charge in [0, 0.05) is 43.5 Å². The molecule has 1 aliphatic rings. The van der Waals surface area contributed by atoms with E-state index < -0.39 is 0 Å². The normalized spacial score (nSPS) is 20.3. The molecule has 1 atom stereocenters. The second-order valence-corrected chi connectivity index (χ2v) is 4.65. The van der Waals surface area contributed by atoms with Crippen LogP contribution in [0.2, 0.25) is 0 Å². The van der Waals surface area contributed by atoms with Crippen molar-refractivity contribution in [1.82, 2.24) is 20.2 Å². The van der Waals surface area contributed by atoms with Gasteiger partial charge in [0.15, 0.2) is 0 Å². The fraction of sp³-hybridized carbons (Fsp3) is 0.385. The maximum absolute atomic E-state index is 12.5. The fourth-order valence-electron chi connectivity index (χ4n) is 2.43. The van der Waals surface area contributed by atoms with E-state index in [-0.39, 0.29) is 11.9 Å². The summed E-state index contributed by atoms with van der Waals surface area (Å²) in [6.07, 6.45) is 3.48. The molecule has 5 heteroatoms. The molecule has 3 heterocycles. The van der Waals surface area contributed by atoms with Crippen molar-refractivity contribution in [3.8, 4) is 0 Å². The summed E-state index contributed by atoms with van der Waals surface area (Å²) < 4.78 is 0. The quantitative estimate of drug-likeness (QED) is 0.786. The van der Waals surface area contributed by atoms with Gasteiger partial charge in [-0.1, -0.05) is 0 Å². The predicted molar refractivity (Wildman–Crippen MR) is 69.5 cm³/mol. The van der Waals surface area contributed by atoms with Gasteiger partial charge in [0.2, 0.25) is 0 Å². The molecular formula is C13H16N4O. The van der Waals surface area contributed by atoms with Crippen molar-refractivity contribution in [3.05, 3.63) is 30.1 Å². The number of aromatic amines is 1. The number of rotatable bonds is 1. The lowest BCUT2D eigenvalue weighted by atomic mass is 10.1. The SMILES string of the molecule is C[C@H]1CNCCN1C(=O)c1c[nH]c2ncccc12. The first-order valence-corrected chi connectivity index (χ1v) is 6.21. The van der Waals surface area contributed by atoms with E-state index in [1.54, 1.807) is 12.4 Å². The molecule has 0 saturated carbocycles. The Labute approximate surface area is 105 Å². The van der Waals surface area contributed by atoms with Crippen molar-refractivity contribution >= 4 is 16.9 Å². The van der Waals surface area contributed by atoms with E-state index in [0.717, 1.165) is 30.7 Å². The smallest absolute Gasteiger partial charge is 0.256 e. The van der Waals surface area contributed by atoms with Gasteiger partial charge < -0.3 is 15.2 Å². The lowest BCUT2D eigenvalue weighted by Crippen LogP contribution is -2.52. The minimum Gasteiger partial charge on any atom is -0.345 e. The number of nitrogens with zero attached hydrogens (tertiary/aromatic N) is 2. The van der Waals surface area contributed by atoms with Crippen LogP contribution < -0.4 is 5.32 Å². The zero-order valence-electron chi connectivity index (χ0n) is 10.3. The minimum atomic E-state index is 0.0863. The van der Waals surface area contributed by atoms with Gasteiger partial charge >= 0.3 is 0 Å². The molecule has 94 valence electrons. The van der Waals surface area contributed by atoms with Gasteiger partial charge in [-0.15, -0.1) is 0 Å². The largest absolute Gasteiger partial charge is 0.345 e. The van der Waals surface area contributed by atoms with Crippen LogP contribution in [0.25, 0.3) is 11.0 Å². The molecule has 0 spiro atoms. The van der Waals surface area contributed by atoms with Gasteiger partial charge in [-0.25, -0.2) is 4.98 Å². The molecule has 2 aromatic heterocycles. The van der Waals surface area contributed by atoms with Gasteiger partial charge in [0.05, 0.1) is 5.56 Å². The maximum atomic E-state index is 12.5. The van der Waals surface area contributed by atoms with E-state index >= 15 is 0 Å². The summed E-state index contributed by atoms with van der Waals surface area (Å²) in [6, 6.07) is 4.01. The van der Waals surface area contributed by atoms with E-state index in [1.807, 2.05) is 17.0 Å². The van der Waals surface area contributed by atoms with Crippen molar-refractivity contribution in [2.75, 3.05) is 19.6 Å². The summed E-state index contributed by atoms with van der Waals surface area (Å²) in [7, 11) is 0. The number of H-pyrrole nitrogens is 1. The van der Waals surface area contributed by atoms with E-state index in [0.29, 0.717) is 5.56 Å². The van der Waals surface area contributed by atoms with Gasteiger partial charge in [0.25, 0.3) is 5.91 Å². The number of aromatic nitrogens is 2. The molecular weight excluding hydrogens is 228 g/mol. The third kappa shape index (κ3) is 1.76. The Kier molecular flexibility index (Phi) is 2.76. The summed E-state index contributed by atoms with van der Waals surface area (Å²) in [4.78, 5) is 21.7. The van der Waals surface area contributed by atoms with Crippen LogP contribution in [0, 0.1) is 0 Å². The molecule has 0 unspecified atom stereocenters. The highest BCUT2D eigenvalue weighted by Gasteiger charge is 2.25. The number of nitrogens with one attached hydrogen (secondary N) is 2. The van der Waals surface area contributed by atoms with Crippen LogP contribution in [0.3, 0.4) is 0 Å². The Bertz CT molecular complexity index is 577. The summed E-state index contributed by atoms with van der Waals surface area (Å²) in [6.45, 7) is 4.53. The van der Waals surface area contributed by atoms with Crippen molar-refractivity contribution < 1.29 is 4.79 Å². The van der Waals surface area contributed by atoms with Crippen LogP contribution in [0.15, 0.2) is 24.5 Å². The Balaban J connectivity index is 1.96. The predicted octanol–water partition coefficient (Wildman–Crippen LogP) is 0.997. The number of amides is 1. The van der Waals surface area contributed by atoms with Crippen LogP contribution in [-0.2, 0) is 0 Å². The number of carbonyl (C=O) groups excluding carboxylic acids is 1. The molecule has 1 saturated heterocycles. The Morgan fingerprint density at radius 1 is 1.56 bits per heavy atom. The van der Waals surface area contributed by atoms with Crippen LogP contribution in [-0.4, -0.2) is 46.5 Å². The van der Waals surface area contributed by atoms with Crippen LogP contribution in [0.1, 0.15) is 17.3 Å². The van der Waals surface area contributed by atoms with Crippen LogP contribution >= 0.6 is 0 Å². The van der Waals surface area contributed by atoms with Gasteiger partial charge in [-0.2, -0.15) is 0 Å². The molecule has 0 aromatic carbocycles. The first kappa shape index (κ1) is 11.2. The molecule has 1 fully saturated rings. The van der Waals surface area contributed by atoms with E-state index in [1.165, 1.54) is 0 Å². The Hall–Kier alpha value is -1.88. The van der Waals surface area contributed by atoms with E-state index in [4.69, 9.17) is 0 Å². The molecule has 0 aliphatic carbocycles. The summed E-state index contributed by atoms with van der Waals surface area (Å²) in [5, 5.41) is 4.18. The molecule has 0 bridgehead atoms. The minimum absolute atomic E-state index is 0.0863. The molecule has 0 radical (unpaired) electrons. The number of hydrogen-bond donors (Lipinski definition) is 2. The molecule has 1 amide bonds. The number of fused-ring (bicyclic) bond motifs is 1. The Morgan fingerprint density at radius 2 is 2.44 bits per heavy atom. The highest BCUT2D eigenvalue weighted by atomic mass is 16.2. The summed E-state index contributed by atoms with van der Waals surface area (Å²) in [5.74, 6) is 0.0863. The third-order valence-electron chi connectivity index (χ3n) is 3.44. The molecule has 2 N–H and O–H groups in total. The molecule has 1 aliphatic heterocycles. The second-order valence-electron chi connectivity index (χ2n) is 4.65. The molecule has 2 aromatic rings. The maximum Gasteiger partial charge on any atom is 0.256 e. The van der Waals surface area contributed by atoms with Crippen molar-refractivity contribution in [3.63, 3.8) is 0 Å². The molecule has 18 heavy (non-hydrogen) atoms. The van der Waals surface area contributed by atoms with Crippen LogP contribution in [0.4, 0.5) is 0 Å². The second kappa shape index (κ2) is 4.42. The topological polar surface area (TPSA) is 61.0 Å². The van der Waals surface area contributed by atoms with Crippen molar-refractivity contribution in [2.24, 2.45) is 0 Å². The zero-order valence-corrected chi connectivity index (χ0v) is 10.3. The summed E-state index contributed by atoms with van der Waals surface area (Å²) >= 11 is 0. The lowest BCUT2D eigenvalue weighted by Gasteiger charge is -2.33. The standard InChI is InChI=1S/C13H16N4O/c1-9-7-14-5-6-17(9)13(18)11-8-16-12-10(11)3-2-4-15-12/h2-4,8-9,14H,5-7H2,1H3,(H,15,16)/t9-/m0/s1. The highest BCUT2D eigenvalue weighted by molar-refractivity contribution is 6.06. The van der Waals surface area contributed by atoms with Gasteiger partial charge in [0.1, 0.15) is 5.65 Å². The van der Waals surface area contributed by atoms with Crippen LogP contribution in [0.5, 0.6) is 0 Å². The third-order valence-corrected chi connectivity index (χ3v) is 3.44. The van der Waals surface area contributed by atoms with E-state index in [2.05, 4.69) is 22.2 Å². The molecule has 5 nitrogen and oxygen atoms in total. The van der Waals surface area contributed by atoms with Gasteiger partial charge in [-0.3, -0.25) is 4.79 Å². The number of hydrogen-bond acceptors (Lipinski definition) is 3. The van der Waals surface area contributed by atoms with Gasteiger partial charge in [-0.05, 0) is 19.1 Å². The lowest BCUT2D eigenvalue weighted by molar-refractivity contribution is 0.0658. The Morgan fingerprint density at radius 3 is 3.28 bits per heavy atom. The number of piperazine rings is 1. The van der Waals surface area contributed by atoms with Crippen molar-refractivity contribution in [1.29, 1.82) is 0 Å². The van der Waals surface area contributed by atoms with Crippen molar-refractivity contribution in [2.45, 2.75) is 13.0 Å². The first-order valence-electron chi connectivity index (χ1n) is 6.21. The monoisotopic (exact) mass is 244 g/mol. The average molecular weight is 244 g/mol. The fourth-order valence-corrected chi connectivity index (χ4v) is 2.43. The number of pyridine rings is 1. The zero-order chi connectivity index (χ0) is 12.5. The number of carbonyl (C=O) groups is 1. The molecule has 3 rings (SSSR count). The first-order chi connectivity index (χ1) is 8.77. The van der Waals surface area contributed by atoms with E-state index in [9.17, 15) is 4.79 Å².